The Balaban J connectivity index is 1.84. The van der Waals surface area contributed by atoms with Gasteiger partial charge in [0.05, 0.1) is 24.6 Å². The van der Waals surface area contributed by atoms with Gasteiger partial charge in [-0.15, -0.1) is 0 Å². The predicted octanol–water partition coefficient (Wildman–Crippen LogP) is 2.40. The SMILES string of the molecule is C=CCON=Cc1ccc(OCc2c(OC)cccc2-n2nnn(C)c2=O)c(C)c1. The van der Waals surface area contributed by atoms with Gasteiger partial charge < -0.3 is 14.3 Å². The van der Waals surface area contributed by atoms with Gasteiger partial charge in [-0.25, -0.2) is 4.79 Å². The van der Waals surface area contributed by atoms with Crippen molar-refractivity contribution in [3.63, 3.8) is 0 Å². The molecule has 0 radical (unpaired) electrons. The summed E-state index contributed by atoms with van der Waals surface area (Å²) in [4.78, 5) is 17.3. The van der Waals surface area contributed by atoms with Crippen LogP contribution in [0.3, 0.4) is 0 Å². The largest absolute Gasteiger partial charge is 0.496 e. The lowest BCUT2D eigenvalue weighted by Gasteiger charge is -2.15. The molecule has 0 saturated carbocycles. The Morgan fingerprint density at radius 1 is 1.20 bits per heavy atom. The first kappa shape index (κ1) is 20.8. The van der Waals surface area contributed by atoms with E-state index in [9.17, 15) is 4.79 Å². The highest BCUT2D eigenvalue weighted by atomic mass is 16.6. The van der Waals surface area contributed by atoms with Crippen molar-refractivity contribution in [1.29, 1.82) is 0 Å². The van der Waals surface area contributed by atoms with E-state index in [1.807, 2.05) is 25.1 Å². The number of hydrogen-bond donors (Lipinski definition) is 0. The zero-order valence-electron chi connectivity index (χ0n) is 17.1. The van der Waals surface area contributed by atoms with Gasteiger partial charge >= 0.3 is 5.69 Å². The normalized spacial score (nSPS) is 10.9. The summed E-state index contributed by atoms with van der Waals surface area (Å²) in [5.74, 6) is 1.29. The Morgan fingerprint density at radius 2 is 2.03 bits per heavy atom. The third-order valence-electron chi connectivity index (χ3n) is 4.32. The van der Waals surface area contributed by atoms with Crippen LogP contribution in [0.4, 0.5) is 0 Å². The van der Waals surface area contributed by atoms with Crippen LogP contribution in [-0.4, -0.2) is 39.7 Å². The summed E-state index contributed by atoms with van der Waals surface area (Å²) in [5.41, 5.74) is 2.69. The molecule has 0 aliphatic rings. The molecule has 0 atom stereocenters. The van der Waals surface area contributed by atoms with E-state index in [0.717, 1.165) is 15.8 Å². The molecule has 30 heavy (non-hydrogen) atoms. The van der Waals surface area contributed by atoms with Gasteiger partial charge in [-0.2, -0.15) is 9.36 Å². The molecule has 0 fully saturated rings. The van der Waals surface area contributed by atoms with Gasteiger partial charge in [0, 0.05) is 7.05 Å². The van der Waals surface area contributed by atoms with Crippen LogP contribution < -0.4 is 15.2 Å². The molecule has 0 saturated heterocycles. The summed E-state index contributed by atoms with van der Waals surface area (Å²) < 4.78 is 13.9. The minimum Gasteiger partial charge on any atom is -0.496 e. The molecule has 0 bridgehead atoms. The van der Waals surface area contributed by atoms with Crippen LogP contribution in [0.15, 0.2) is 59.0 Å². The maximum absolute atomic E-state index is 12.3. The van der Waals surface area contributed by atoms with Crippen molar-refractivity contribution >= 4 is 6.21 Å². The van der Waals surface area contributed by atoms with Crippen molar-refractivity contribution in [3.05, 3.63) is 76.2 Å². The number of ether oxygens (including phenoxy) is 2. The quantitative estimate of drug-likeness (QED) is 0.233. The van der Waals surface area contributed by atoms with Crippen molar-refractivity contribution in [2.24, 2.45) is 12.2 Å². The number of methoxy groups -OCH3 is 1. The Labute approximate surface area is 173 Å². The molecule has 2 aromatic carbocycles. The number of aryl methyl sites for hydroxylation is 2. The molecular formula is C21H23N5O4. The molecular weight excluding hydrogens is 386 g/mol. The highest BCUT2D eigenvalue weighted by Gasteiger charge is 2.16. The number of tetrazole rings is 1. The Hall–Kier alpha value is -3.88. The fraction of sp³-hybridized carbons (Fsp3) is 0.238. The van der Waals surface area contributed by atoms with E-state index < -0.39 is 0 Å². The molecule has 0 spiro atoms. The standard InChI is InChI=1S/C21H23N5O4/c1-5-11-30-22-13-16-9-10-19(15(2)12-16)29-14-17-18(7-6-8-20(17)28-4)26-21(27)25(3)23-24-26/h5-10,12-13H,1,11,14H2,2-4H3. The van der Waals surface area contributed by atoms with Crippen molar-refractivity contribution in [3.8, 4) is 17.2 Å². The molecule has 9 heteroatoms. The van der Waals surface area contributed by atoms with Gasteiger partial charge in [-0.1, -0.05) is 23.9 Å². The highest BCUT2D eigenvalue weighted by Crippen LogP contribution is 2.27. The zero-order chi connectivity index (χ0) is 21.5. The van der Waals surface area contributed by atoms with Crippen LogP contribution in [0.2, 0.25) is 0 Å². The van der Waals surface area contributed by atoms with Gasteiger partial charge in [-0.05, 0) is 58.8 Å². The van der Waals surface area contributed by atoms with Crippen LogP contribution in [0.25, 0.3) is 5.69 Å². The molecule has 0 amide bonds. The van der Waals surface area contributed by atoms with Crippen LogP contribution in [0, 0.1) is 6.92 Å². The second kappa shape index (κ2) is 9.55. The van der Waals surface area contributed by atoms with Gasteiger partial charge in [0.25, 0.3) is 0 Å². The van der Waals surface area contributed by atoms with Crippen LogP contribution in [0.5, 0.6) is 11.5 Å². The number of oxime groups is 1. The number of nitrogens with zero attached hydrogens (tertiary/aromatic N) is 5. The molecule has 0 unspecified atom stereocenters. The fourth-order valence-corrected chi connectivity index (χ4v) is 2.81. The molecule has 1 aromatic heterocycles. The molecule has 0 N–H and O–H groups in total. The molecule has 156 valence electrons. The summed E-state index contributed by atoms with van der Waals surface area (Å²) in [6.45, 7) is 6.04. The average Bonchev–Trinajstić information content (AvgIpc) is 3.08. The van der Waals surface area contributed by atoms with E-state index in [-0.39, 0.29) is 12.3 Å². The first-order chi connectivity index (χ1) is 14.5. The van der Waals surface area contributed by atoms with E-state index in [1.54, 1.807) is 44.6 Å². The fourth-order valence-electron chi connectivity index (χ4n) is 2.81. The van der Waals surface area contributed by atoms with Gasteiger partial charge in [0.1, 0.15) is 24.7 Å². The lowest BCUT2D eigenvalue weighted by Crippen LogP contribution is -2.23. The Kier molecular flexibility index (Phi) is 6.63. The second-order valence-corrected chi connectivity index (χ2v) is 6.39. The minimum atomic E-state index is -0.358. The third kappa shape index (κ3) is 4.57. The number of benzene rings is 2. The van der Waals surface area contributed by atoms with Gasteiger partial charge in [0.2, 0.25) is 0 Å². The Bertz CT molecular complexity index is 1120. The van der Waals surface area contributed by atoms with Crippen molar-refractivity contribution in [1.82, 2.24) is 19.8 Å². The predicted molar refractivity (Wildman–Crippen MR) is 112 cm³/mol. The molecule has 3 aromatic rings. The summed E-state index contributed by atoms with van der Waals surface area (Å²) >= 11 is 0. The van der Waals surface area contributed by atoms with Crippen LogP contribution in [-0.2, 0) is 18.5 Å². The summed E-state index contributed by atoms with van der Waals surface area (Å²) in [7, 11) is 3.11. The summed E-state index contributed by atoms with van der Waals surface area (Å²) in [5, 5.41) is 11.6. The number of rotatable bonds is 9. The molecule has 9 nitrogen and oxygen atoms in total. The van der Waals surface area contributed by atoms with E-state index in [1.165, 1.54) is 4.68 Å². The van der Waals surface area contributed by atoms with Gasteiger partial charge in [0.15, 0.2) is 0 Å². The smallest absolute Gasteiger partial charge is 0.368 e. The molecule has 1 heterocycles. The van der Waals surface area contributed by atoms with Crippen molar-refractivity contribution < 1.29 is 14.3 Å². The third-order valence-corrected chi connectivity index (χ3v) is 4.32. The lowest BCUT2D eigenvalue weighted by molar-refractivity contribution is 0.176. The molecule has 0 aliphatic heterocycles. The summed E-state index contributed by atoms with van der Waals surface area (Å²) in [6.07, 6.45) is 3.25. The average molecular weight is 409 g/mol. The minimum absolute atomic E-state index is 0.180. The highest BCUT2D eigenvalue weighted by molar-refractivity contribution is 5.79. The van der Waals surface area contributed by atoms with E-state index in [2.05, 4.69) is 22.2 Å². The first-order valence-electron chi connectivity index (χ1n) is 9.20. The van der Waals surface area contributed by atoms with E-state index in [4.69, 9.17) is 14.3 Å². The lowest BCUT2D eigenvalue weighted by atomic mass is 10.1. The van der Waals surface area contributed by atoms with Crippen LogP contribution in [0.1, 0.15) is 16.7 Å². The first-order valence-corrected chi connectivity index (χ1v) is 9.20. The number of aromatic nitrogens is 4. The second-order valence-electron chi connectivity index (χ2n) is 6.39. The Morgan fingerprint density at radius 3 is 2.70 bits per heavy atom. The van der Waals surface area contributed by atoms with E-state index in [0.29, 0.717) is 29.4 Å². The monoisotopic (exact) mass is 409 g/mol. The zero-order valence-corrected chi connectivity index (χ0v) is 17.1. The van der Waals surface area contributed by atoms with Crippen molar-refractivity contribution in [2.45, 2.75) is 13.5 Å². The topological polar surface area (TPSA) is 92.8 Å². The van der Waals surface area contributed by atoms with Crippen LogP contribution >= 0.6 is 0 Å². The molecule has 3 rings (SSSR count). The maximum Gasteiger partial charge on any atom is 0.368 e. The maximum atomic E-state index is 12.3. The van der Waals surface area contributed by atoms with Crippen molar-refractivity contribution in [2.75, 3.05) is 13.7 Å². The van der Waals surface area contributed by atoms with E-state index >= 15 is 0 Å². The number of hydrogen-bond acceptors (Lipinski definition) is 7. The molecule has 0 aliphatic carbocycles. The van der Waals surface area contributed by atoms with Gasteiger partial charge in [-0.3, -0.25) is 0 Å². The summed E-state index contributed by atoms with van der Waals surface area (Å²) in [6, 6.07) is 11.0.